The number of piperidine rings is 1. The monoisotopic (exact) mass is 331 g/mol. The van der Waals surface area contributed by atoms with Crippen LogP contribution in [-0.2, 0) is 9.53 Å². The molecule has 3 saturated heterocycles. The molecule has 0 radical (unpaired) electrons. The predicted molar refractivity (Wildman–Crippen MR) is 85.7 cm³/mol. The number of carbonyl (C=O) groups excluding carboxylic acids is 2. The van der Waals surface area contributed by atoms with Crippen LogP contribution in [-0.4, -0.2) is 71.8 Å². The number of morpholine rings is 1. The Morgan fingerprint density at radius 3 is 2.67 bits per heavy atom. The fraction of sp³-hybridized carbons (Fsp3) is 0.529. The van der Waals surface area contributed by atoms with Crippen LogP contribution in [0.5, 0.6) is 5.75 Å². The second-order valence-corrected chi connectivity index (χ2v) is 6.73. The van der Waals surface area contributed by atoms with Gasteiger partial charge in [-0.15, -0.1) is 0 Å². The average molecular weight is 331 g/mol. The van der Waals surface area contributed by atoms with Crippen molar-refractivity contribution in [1.29, 1.82) is 0 Å². The van der Waals surface area contributed by atoms with Crippen LogP contribution in [0.2, 0.25) is 0 Å². The third-order valence-corrected chi connectivity index (χ3v) is 5.11. The van der Waals surface area contributed by atoms with E-state index in [4.69, 9.17) is 4.74 Å². The Kier molecular flexibility index (Phi) is 3.80. The lowest BCUT2D eigenvalue weighted by Gasteiger charge is -2.46. The number of nitrogens with one attached hydrogen (secondary N) is 1. The molecule has 0 aliphatic carbocycles. The number of hydrogen-bond acceptors (Lipinski definition) is 4. The highest BCUT2D eigenvalue weighted by molar-refractivity contribution is 5.79. The molecule has 128 valence electrons. The van der Waals surface area contributed by atoms with Crippen LogP contribution in [0, 0.1) is 0 Å². The van der Waals surface area contributed by atoms with E-state index in [1.807, 2.05) is 21.9 Å². The predicted octanol–water partition coefficient (Wildman–Crippen LogP) is 0.501. The normalized spacial score (nSPS) is 27.2. The SMILES string of the molecule is O=C1CO[C@H]2CCN(C(=O)N3CC(c4ccc(O)cc4)C3)C[C@H]2N1. The van der Waals surface area contributed by atoms with Crippen LogP contribution in [0.1, 0.15) is 17.9 Å². The molecule has 3 aliphatic heterocycles. The van der Waals surface area contributed by atoms with E-state index in [9.17, 15) is 14.7 Å². The summed E-state index contributed by atoms with van der Waals surface area (Å²) in [5.74, 6) is 0.470. The number of phenols is 1. The fourth-order valence-corrected chi connectivity index (χ4v) is 3.67. The van der Waals surface area contributed by atoms with Crippen molar-refractivity contribution >= 4 is 11.9 Å². The van der Waals surface area contributed by atoms with Gasteiger partial charge in [-0.05, 0) is 24.1 Å². The highest BCUT2D eigenvalue weighted by atomic mass is 16.5. The quantitative estimate of drug-likeness (QED) is 0.785. The van der Waals surface area contributed by atoms with E-state index in [0.717, 1.165) is 12.0 Å². The molecule has 2 N–H and O–H groups in total. The summed E-state index contributed by atoms with van der Waals surface area (Å²) in [5, 5.41) is 12.3. The van der Waals surface area contributed by atoms with E-state index in [2.05, 4.69) is 5.32 Å². The van der Waals surface area contributed by atoms with E-state index < -0.39 is 0 Å². The number of benzene rings is 1. The molecular formula is C17H21N3O4. The Bertz CT molecular complexity index is 642. The fourth-order valence-electron chi connectivity index (χ4n) is 3.67. The molecule has 3 heterocycles. The van der Waals surface area contributed by atoms with Gasteiger partial charge in [0.15, 0.2) is 0 Å². The van der Waals surface area contributed by atoms with E-state index in [0.29, 0.717) is 32.1 Å². The summed E-state index contributed by atoms with van der Waals surface area (Å²) in [6, 6.07) is 7.10. The zero-order valence-corrected chi connectivity index (χ0v) is 13.4. The van der Waals surface area contributed by atoms with Gasteiger partial charge in [0.05, 0.1) is 12.1 Å². The lowest BCUT2D eigenvalue weighted by Crippen LogP contribution is -2.63. The van der Waals surface area contributed by atoms with Gasteiger partial charge in [-0.2, -0.15) is 0 Å². The highest BCUT2D eigenvalue weighted by Crippen LogP contribution is 2.29. The first-order valence-electron chi connectivity index (χ1n) is 8.34. The number of urea groups is 1. The minimum absolute atomic E-state index is 0.0212. The standard InChI is InChI=1S/C17H21N3O4/c21-13-3-1-11(2-4-13)12-7-20(8-12)17(23)19-6-5-15-14(9-19)18-16(22)10-24-15/h1-4,12,14-15,21H,5-10H2,(H,18,22)/t14-,15+/m1/s1. The zero-order chi connectivity index (χ0) is 16.7. The van der Waals surface area contributed by atoms with Crippen molar-refractivity contribution in [1.82, 2.24) is 15.1 Å². The number of phenolic OH excluding ortho intramolecular Hbond substituents is 1. The average Bonchev–Trinajstić information content (AvgIpc) is 2.54. The van der Waals surface area contributed by atoms with Crippen molar-refractivity contribution in [2.45, 2.75) is 24.5 Å². The molecule has 3 fully saturated rings. The summed E-state index contributed by atoms with van der Waals surface area (Å²) in [6.45, 7) is 2.68. The molecule has 0 bridgehead atoms. The van der Waals surface area contributed by atoms with Gasteiger partial charge in [-0.25, -0.2) is 4.79 Å². The van der Waals surface area contributed by atoms with E-state index >= 15 is 0 Å². The molecule has 0 spiro atoms. The van der Waals surface area contributed by atoms with Crippen molar-refractivity contribution in [2.75, 3.05) is 32.8 Å². The minimum Gasteiger partial charge on any atom is -0.508 e. The van der Waals surface area contributed by atoms with Crippen molar-refractivity contribution in [3.05, 3.63) is 29.8 Å². The molecule has 3 amide bonds. The number of rotatable bonds is 1. The lowest BCUT2D eigenvalue weighted by molar-refractivity contribution is -0.139. The molecule has 0 aromatic heterocycles. The van der Waals surface area contributed by atoms with Gasteiger partial charge in [0.1, 0.15) is 12.4 Å². The summed E-state index contributed by atoms with van der Waals surface area (Å²) in [7, 11) is 0. The smallest absolute Gasteiger partial charge is 0.320 e. The van der Waals surface area contributed by atoms with Gasteiger partial charge in [0.2, 0.25) is 5.91 Å². The first-order valence-corrected chi connectivity index (χ1v) is 8.34. The molecule has 3 aliphatic rings. The molecule has 7 nitrogen and oxygen atoms in total. The summed E-state index contributed by atoms with van der Waals surface area (Å²) >= 11 is 0. The van der Waals surface area contributed by atoms with Gasteiger partial charge in [-0.3, -0.25) is 4.79 Å². The Labute approximate surface area is 140 Å². The molecule has 4 rings (SSSR count). The highest BCUT2D eigenvalue weighted by Gasteiger charge is 2.40. The molecular weight excluding hydrogens is 310 g/mol. The van der Waals surface area contributed by atoms with Crippen LogP contribution in [0.4, 0.5) is 4.79 Å². The molecule has 1 aromatic rings. The number of aromatic hydroxyl groups is 1. The van der Waals surface area contributed by atoms with Crippen LogP contribution in [0.15, 0.2) is 24.3 Å². The third-order valence-electron chi connectivity index (χ3n) is 5.11. The van der Waals surface area contributed by atoms with Crippen molar-refractivity contribution < 1.29 is 19.4 Å². The maximum absolute atomic E-state index is 12.6. The molecule has 24 heavy (non-hydrogen) atoms. The van der Waals surface area contributed by atoms with Crippen LogP contribution >= 0.6 is 0 Å². The Morgan fingerprint density at radius 2 is 1.92 bits per heavy atom. The maximum atomic E-state index is 12.6. The Balaban J connectivity index is 1.32. The summed E-state index contributed by atoms with van der Waals surface area (Å²) in [4.78, 5) is 27.7. The summed E-state index contributed by atoms with van der Waals surface area (Å²) in [5.41, 5.74) is 1.14. The molecule has 1 aromatic carbocycles. The number of nitrogens with zero attached hydrogens (tertiary/aromatic N) is 2. The second kappa shape index (κ2) is 5.98. The van der Waals surface area contributed by atoms with Gasteiger partial charge in [-0.1, -0.05) is 12.1 Å². The number of fused-ring (bicyclic) bond motifs is 1. The topological polar surface area (TPSA) is 82.1 Å². The van der Waals surface area contributed by atoms with Crippen LogP contribution < -0.4 is 5.32 Å². The Morgan fingerprint density at radius 1 is 1.17 bits per heavy atom. The number of carbonyl (C=O) groups is 2. The van der Waals surface area contributed by atoms with Crippen molar-refractivity contribution in [2.24, 2.45) is 0 Å². The third kappa shape index (κ3) is 2.80. The van der Waals surface area contributed by atoms with Crippen molar-refractivity contribution in [3.8, 4) is 5.75 Å². The second-order valence-electron chi connectivity index (χ2n) is 6.73. The lowest BCUT2D eigenvalue weighted by atomic mass is 9.91. The van der Waals surface area contributed by atoms with Crippen LogP contribution in [0.25, 0.3) is 0 Å². The van der Waals surface area contributed by atoms with E-state index in [1.165, 1.54) is 0 Å². The number of ether oxygens (including phenoxy) is 1. The maximum Gasteiger partial charge on any atom is 0.320 e. The van der Waals surface area contributed by atoms with Gasteiger partial charge < -0.3 is 25.0 Å². The number of hydrogen-bond donors (Lipinski definition) is 2. The first kappa shape index (κ1) is 15.3. The number of amides is 3. The summed E-state index contributed by atoms with van der Waals surface area (Å²) in [6.07, 6.45) is 0.777. The van der Waals surface area contributed by atoms with E-state index in [1.54, 1.807) is 12.1 Å². The molecule has 2 atom stereocenters. The van der Waals surface area contributed by atoms with Gasteiger partial charge in [0.25, 0.3) is 0 Å². The molecule has 7 heteroatoms. The molecule has 0 saturated carbocycles. The first-order chi connectivity index (χ1) is 11.6. The zero-order valence-electron chi connectivity index (χ0n) is 13.4. The van der Waals surface area contributed by atoms with E-state index in [-0.39, 0.29) is 36.4 Å². The van der Waals surface area contributed by atoms with Gasteiger partial charge >= 0.3 is 6.03 Å². The minimum atomic E-state index is -0.109. The van der Waals surface area contributed by atoms with Crippen LogP contribution in [0.3, 0.4) is 0 Å². The Hall–Kier alpha value is -2.28. The van der Waals surface area contributed by atoms with Crippen molar-refractivity contribution in [3.63, 3.8) is 0 Å². The number of likely N-dealkylation sites (tertiary alicyclic amines) is 2. The molecule has 0 unspecified atom stereocenters. The summed E-state index contributed by atoms with van der Waals surface area (Å²) < 4.78 is 5.52. The largest absolute Gasteiger partial charge is 0.508 e. The van der Waals surface area contributed by atoms with Gasteiger partial charge in [0, 0.05) is 32.1 Å².